The number of hydrogen-bond acceptors (Lipinski definition) is 5. The minimum Gasteiger partial charge on any atom is -0.755 e. The molecule has 2 atom stereocenters. The first-order valence-corrected chi connectivity index (χ1v) is 12.0. The number of aryl methyl sites for hydroxylation is 3. The first-order chi connectivity index (χ1) is 16.1. The molecule has 4 aromatic rings. The molecule has 1 aliphatic rings. The van der Waals surface area contributed by atoms with Crippen molar-refractivity contribution in [3.8, 4) is 0 Å². The van der Waals surface area contributed by atoms with Crippen molar-refractivity contribution in [2.75, 3.05) is 4.31 Å². The minimum atomic E-state index is -2.75. The number of carbonyl (C=O) groups is 1. The van der Waals surface area contributed by atoms with Gasteiger partial charge in [-0.25, -0.2) is 5.48 Å². The lowest BCUT2D eigenvalue weighted by molar-refractivity contribution is -0.130. The number of furan rings is 1. The van der Waals surface area contributed by atoms with Crippen molar-refractivity contribution in [2.45, 2.75) is 44.6 Å². The lowest BCUT2D eigenvalue weighted by Gasteiger charge is -2.33. The molecule has 1 amide bonds. The molecule has 0 aliphatic heterocycles. The van der Waals surface area contributed by atoms with Crippen LogP contribution in [0.1, 0.15) is 36.1 Å². The second-order valence-corrected chi connectivity index (χ2v) is 9.15. The van der Waals surface area contributed by atoms with E-state index in [9.17, 15) is 18.8 Å². The van der Waals surface area contributed by atoms with Gasteiger partial charge in [0.2, 0.25) is 0 Å². The number of amides is 1. The van der Waals surface area contributed by atoms with E-state index < -0.39 is 23.2 Å². The van der Waals surface area contributed by atoms with E-state index in [0.717, 1.165) is 57.6 Å². The molecule has 2 aromatic carbocycles. The normalized spacial score (nSPS) is 15.3. The van der Waals surface area contributed by atoms with Crippen molar-refractivity contribution in [1.82, 2.24) is 10.5 Å². The molecule has 1 aliphatic carbocycles. The highest BCUT2D eigenvalue weighted by molar-refractivity contribution is 7.80. The van der Waals surface area contributed by atoms with Gasteiger partial charge in [0.05, 0.1) is 5.69 Å². The summed E-state index contributed by atoms with van der Waals surface area (Å²) in [5.41, 5.74) is 5.66. The highest BCUT2D eigenvalue weighted by atomic mass is 32.2. The summed E-state index contributed by atoms with van der Waals surface area (Å²) in [7, 11) is 0. The monoisotopic (exact) mass is 466 g/mol. The molecule has 9 heteroatoms. The number of aromatic amines is 1. The molecule has 5 rings (SSSR count). The van der Waals surface area contributed by atoms with Crippen LogP contribution in [0.3, 0.4) is 0 Å². The van der Waals surface area contributed by atoms with Gasteiger partial charge in [-0.1, -0.05) is 18.2 Å². The zero-order valence-corrected chi connectivity index (χ0v) is 18.7. The Hall–Kier alpha value is -3.14. The van der Waals surface area contributed by atoms with Gasteiger partial charge >= 0.3 is 0 Å². The smallest absolute Gasteiger partial charge is 0.267 e. The van der Waals surface area contributed by atoms with Crippen LogP contribution < -0.4 is 9.79 Å². The summed E-state index contributed by atoms with van der Waals surface area (Å²) in [5.74, 6) is 0.157. The third-order valence-corrected chi connectivity index (χ3v) is 7.20. The number of hydroxylamine groups is 1. The molecule has 2 aromatic heterocycles. The zero-order valence-electron chi connectivity index (χ0n) is 17.9. The lowest BCUT2D eigenvalue weighted by atomic mass is 9.96. The highest BCUT2D eigenvalue weighted by Gasteiger charge is 2.28. The van der Waals surface area contributed by atoms with Gasteiger partial charge in [0.25, 0.3) is 5.91 Å². The van der Waals surface area contributed by atoms with Crippen molar-refractivity contribution in [3.63, 3.8) is 0 Å². The maximum Gasteiger partial charge on any atom is 0.267 e. The predicted octanol–water partition coefficient (Wildman–Crippen LogP) is 3.90. The van der Waals surface area contributed by atoms with Gasteiger partial charge in [-0.15, -0.1) is 0 Å². The average Bonchev–Trinajstić information content (AvgIpc) is 3.41. The van der Waals surface area contributed by atoms with Crippen molar-refractivity contribution in [3.05, 3.63) is 65.5 Å². The van der Waals surface area contributed by atoms with E-state index in [-0.39, 0.29) is 6.42 Å². The van der Waals surface area contributed by atoms with Gasteiger partial charge in [0, 0.05) is 51.8 Å². The number of para-hydroxylation sites is 1. The maximum atomic E-state index is 12.6. The van der Waals surface area contributed by atoms with Crippen LogP contribution in [0.5, 0.6) is 0 Å². The molecule has 0 saturated carbocycles. The highest BCUT2D eigenvalue weighted by Crippen LogP contribution is 2.35. The summed E-state index contributed by atoms with van der Waals surface area (Å²) in [6.45, 7) is 0. The number of fused-ring (bicyclic) bond motifs is 4. The second kappa shape index (κ2) is 9.01. The fourth-order valence-electron chi connectivity index (χ4n) is 4.82. The molecule has 2 unspecified atom stereocenters. The summed E-state index contributed by atoms with van der Waals surface area (Å²) < 4.78 is 31.6. The first-order valence-electron chi connectivity index (χ1n) is 11.0. The van der Waals surface area contributed by atoms with Gasteiger partial charge in [-0.3, -0.25) is 18.5 Å². The molecule has 0 fully saturated rings. The zero-order chi connectivity index (χ0) is 22.9. The number of carbonyl (C=O) groups excluding carboxylic acids is 1. The summed E-state index contributed by atoms with van der Waals surface area (Å²) in [4.78, 5) is 15.8. The third kappa shape index (κ3) is 4.03. The standard InChI is InChI=1S/C24H25N3O5S/c28-24(26-29)21(12-9-15-14-25-20-7-3-1-5-17(15)20)27(33(30)31)16-10-11-19-18-6-2-4-8-22(18)32-23(19)13-16/h1,3,5,7,10-11,13-14,21,25,29H,2,4,6,8-9,12H2,(H,26,28)(H,30,31)/p-1. The largest absolute Gasteiger partial charge is 0.755 e. The number of hydrogen-bond donors (Lipinski definition) is 3. The number of H-pyrrole nitrogens is 1. The van der Waals surface area contributed by atoms with E-state index in [1.54, 1.807) is 17.6 Å². The topological polar surface area (TPSA) is 122 Å². The molecule has 0 saturated heterocycles. The Labute approximate surface area is 193 Å². The predicted molar refractivity (Wildman–Crippen MR) is 125 cm³/mol. The molecule has 33 heavy (non-hydrogen) atoms. The quantitative estimate of drug-likeness (QED) is 0.217. The van der Waals surface area contributed by atoms with E-state index in [4.69, 9.17) is 4.42 Å². The molecule has 2 heterocycles. The molecule has 3 N–H and O–H groups in total. The summed E-state index contributed by atoms with van der Waals surface area (Å²) in [6, 6.07) is 11.8. The Morgan fingerprint density at radius 3 is 2.85 bits per heavy atom. The number of aromatic nitrogens is 1. The van der Waals surface area contributed by atoms with Gasteiger partial charge in [0.1, 0.15) is 17.4 Å². The molecule has 0 radical (unpaired) electrons. The van der Waals surface area contributed by atoms with Crippen LogP contribution >= 0.6 is 0 Å². The van der Waals surface area contributed by atoms with E-state index in [0.29, 0.717) is 17.7 Å². The Balaban J connectivity index is 1.48. The number of anilines is 1. The second-order valence-electron chi connectivity index (χ2n) is 8.32. The van der Waals surface area contributed by atoms with Crippen LogP contribution in [0.2, 0.25) is 0 Å². The van der Waals surface area contributed by atoms with Crippen molar-refractivity contribution < 1.29 is 23.2 Å². The lowest BCUT2D eigenvalue weighted by Crippen LogP contribution is -2.47. The van der Waals surface area contributed by atoms with Crippen LogP contribution in [0.15, 0.2) is 53.1 Å². The maximum absolute atomic E-state index is 12.6. The van der Waals surface area contributed by atoms with Crippen LogP contribution in [0, 0.1) is 0 Å². The van der Waals surface area contributed by atoms with Crippen LogP contribution in [-0.4, -0.2) is 30.9 Å². The number of nitrogens with zero attached hydrogens (tertiary/aromatic N) is 1. The van der Waals surface area contributed by atoms with Crippen molar-refractivity contribution in [2.24, 2.45) is 0 Å². The van der Waals surface area contributed by atoms with Crippen LogP contribution in [-0.2, 0) is 35.3 Å². The SMILES string of the molecule is O=C(NO)C(CCc1c[nH]c2ccccc12)N(c1ccc2c3c(oc2c1)CCCC3)S(=O)[O-]. The average molecular weight is 467 g/mol. The summed E-state index contributed by atoms with van der Waals surface area (Å²) in [6.07, 6.45) is 6.46. The first kappa shape index (κ1) is 21.7. The van der Waals surface area contributed by atoms with Crippen molar-refractivity contribution in [1.29, 1.82) is 0 Å². The molecule has 172 valence electrons. The van der Waals surface area contributed by atoms with Gasteiger partial charge in [-0.05, 0) is 55.9 Å². The van der Waals surface area contributed by atoms with Gasteiger partial charge < -0.3 is 14.0 Å². The number of rotatable bonds is 7. The van der Waals surface area contributed by atoms with Crippen LogP contribution in [0.25, 0.3) is 21.9 Å². The van der Waals surface area contributed by atoms with E-state index in [2.05, 4.69) is 4.98 Å². The summed E-state index contributed by atoms with van der Waals surface area (Å²) >= 11 is -2.75. The van der Waals surface area contributed by atoms with Crippen LogP contribution in [0.4, 0.5) is 5.69 Å². The summed E-state index contributed by atoms with van der Waals surface area (Å²) in [5, 5.41) is 11.3. The molecular weight excluding hydrogens is 442 g/mol. The molecule has 0 bridgehead atoms. The fourth-order valence-corrected chi connectivity index (χ4v) is 5.51. The fraction of sp³-hybridized carbons (Fsp3) is 0.292. The molecular formula is C24H24N3O5S-. The van der Waals surface area contributed by atoms with Gasteiger partial charge in [-0.2, -0.15) is 0 Å². The van der Waals surface area contributed by atoms with Gasteiger partial charge in [0.15, 0.2) is 0 Å². The van der Waals surface area contributed by atoms with E-state index >= 15 is 0 Å². The molecule has 0 spiro atoms. The minimum absolute atomic E-state index is 0.176. The van der Waals surface area contributed by atoms with E-state index in [1.807, 2.05) is 36.5 Å². The Morgan fingerprint density at radius 1 is 1.21 bits per heavy atom. The Kier molecular flexibility index (Phi) is 5.92. The van der Waals surface area contributed by atoms with Crippen molar-refractivity contribution >= 4 is 44.7 Å². The Morgan fingerprint density at radius 2 is 2.03 bits per heavy atom. The number of nitrogens with one attached hydrogen (secondary N) is 2. The Bertz CT molecular complexity index is 1340. The molecule has 8 nitrogen and oxygen atoms in total. The van der Waals surface area contributed by atoms with E-state index in [1.165, 1.54) is 5.56 Å². The number of benzene rings is 2. The third-order valence-electron chi connectivity index (χ3n) is 6.41.